The summed E-state index contributed by atoms with van der Waals surface area (Å²) in [5.74, 6) is 1.60. The number of likely N-dealkylation sites (N-methyl/N-ethyl adjacent to an activating group) is 1. The van der Waals surface area contributed by atoms with Crippen LogP contribution in [0, 0.1) is 0 Å². The Morgan fingerprint density at radius 1 is 1.14 bits per heavy atom. The van der Waals surface area contributed by atoms with Crippen molar-refractivity contribution in [3.63, 3.8) is 0 Å². The minimum absolute atomic E-state index is 0.183. The van der Waals surface area contributed by atoms with Crippen molar-refractivity contribution in [2.75, 3.05) is 27.3 Å². The molecular weight excluding hydrogens is 266 g/mol. The molecule has 2 aromatic carbocycles. The third-order valence-corrected chi connectivity index (χ3v) is 3.55. The zero-order chi connectivity index (χ0) is 14.7. The van der Waals surface area contributed by atoms with Crippen molar-refractivity contribution in [1.29, 1.82) is 0 Å². The SMILES string of the molecule is COc1ccc2c(c1)OCCN(C)O[C@H]2c1ccccc1. The van der Waals surface area contributed by atoms with Crippen molar-refractivity contribution < 1.29 is 14.3 Å². The Bertz CT molecular complexity index is 600. The maximum Gasteiger partial charge on any atom is 0.133 e. The number of hydroxylamine groups is 2. The molecule has 3 rings (SSSR count). The van der Waals surface area contributed by atoms with Gasteiger partial charge in [0.05, 0.1) is 13.7 Å². The normalized spacial score (nSPS) is 19.0. The molecule has 21 heavy (non-hydrogen) atoms. The topological polar surface area (TPSA) is 30.9 Å². The Labute approximate surface area is 124 Å². The molecule has 0 bridgehead atoms. The Hall–Kier alpha value is -2.04. The highest BCUT2D eigenvalue weighted by Gasteiger charge is 2.24. The van der Waals surface area contributed by atoms with Crippen molar-refractivity contribution in [3.8, 4) is 11.5 Å². The summed E-state index contributed by atoms with van der Waals surface area (Å²) in [5, 5.41) is 1.82. The second kappa shape index (κ2) is 6.16. The van der Waals surface area contributed by atoms with Gasteiger partial charge in [-0.2, -0.15) is 5.06 Å². The quantitative estimate of drug-likeness (QED) is 0.848. The molecule has 0 saturated heterocycles. The van der Waals surface area contributed by atoms with E-state index in [0.29, 0.717) is 13.2 Å². The van der Waals surface area contributed by atoms with Gasteiger partial charge in [0.25, 0.3) is 0 Å². The highest BCUT2D eigenvalue weighted by Crippen LogP contribution is 2.36. The van der Waals surface area contributed by atoms with E-state index < -0.39 is 0 Å². The van der Waals surface area contributed by atoms with Crippen LogP contribution in [0.2, 0.25) is 0 Å². The first kappa shape index (κ1) is 13.9. The molecular formula is C17H19NO3. The average Bonchev–Trinajstić information content (AvgIpc) is 2.52. The molecule has 0 saturated carbocycles. The minimum atomic E-state index is -0.183. The standard InChI is InChI=1S/C17H19NO3/c1-18-10-11-20-16-12-14(19-2)8-9-15(16)17(21-18)13-6-4-3-5-7-13/h3-9,12,17H,10-11H2,1-2H3/t17-/m0/s1. The van der Waals surface area contributed by atoms with Gasteiger partial charge in [-0.05, 0) is 17.7 Å². The molecule has 2 aromatic rings. The fraction of sp³-hybridized carbons (Fsp3) is 0.294. The zero-order valence-corrected chi connectivity index (χ0v) is 12.3. The van der Waals surface area contributed by atoms with Gasteiger partial charge in [-0.3, -0.25) is 4.84 Å². The highest BCUT2D eigenvalue weighted by atomic mass is 16.7. The summed E-state index contributed by atoms with van der Waals surface area (Å²) in [7, 11) is 3.58. The van der Waals surface area contributed by atoms with Crippen molar-refractivity contribution in [3.05, 3.63) is 59.7 Å². The molecule has 110 valence electrons. The van der Waals surface area contributed by atoms with Crippen LogP contribution in [-0.2, 0) is 4.84 Å². The lowest BCUT2D eigenvalue weighted by atomic mass is 10.0. The molecule has 0 fully saturated rings. The molecule has 0 N–H and O–H groups in total. The van der Waals surface area contributed by atoms with E-state index in [1.807, 2.05) is 48.5 Å². The summed E-state index contributed by atoms with van der Waals surface area (Å²) < 4.78 is 11.2. The van der Waals surface area contributed by atoms with Gasteiger partial charge < -0.3 is 9.47 Å². The first-order valence-corrected chi connectivity index (χ1v) is 7.01. The van der Waals surface area contributed by atoms with E-state index in [2.05, 4.69) is 12.1 Å². The highest BCUT2D eigenvalue weighted by molar-refractivity contribution is 5.45. The molecule has 1 heterocycles. The van der Waals surface area contributed by atoms with Crippen LogP contribution in [0.4, 0.5) is 0 Å². The van der Waals surface area contributed by atoms with Crippen molar-refractivity contribution in [2.24, 2.45) is 0 Å². The third-order valence-electron chi connectivity index (χ3n) is 3.55. The summed E-state index contributed by atoms with van der Waals surface area (Å²) in [6.45, 7) is 1.29. The molecule has 0 amide bonds. The number of ether oxygens (including phenoxy) is 2. The number of hydrogen-bond acceptors (Lipinski definition) is 4. The second-order valence-corrected chi connectivity index (χ2v) is 5.00. The Morgan fingerprint density at radius 2 is 1.95 bits per heavy atom. The second-order valence-electron chi connectivity index (χ2n) is 5.00. The molecule has 1 aliphatic rings. The van der Waals surface area contributed by atoms with Gasteiger partial charge in [-0.15, -0.1) is 0 Å². The molecule has 4 heteroatoms. The molecule has 0 spiro atoms. The molecule has 1 atom stereocenters. The zero-order valence-electron chi connectivity index (χ0n) is 12.3. The van der Waals surface area contributed by atoms with Crippen LogP contribution in [0.3, 0.4) is 0 Å². The van der Waals surface area contributed by atoms with Crippen molar-refractivity contribution in [1.82, 2.24) is 5.06 Å². The van der Waals surface area contributed by atoms with Crippen molar-refractivity contribution in [2.45, 2.75) is 6.10 Å². The fourth-order valence-corrected chi connectivity index (χ4v) is 2.43. The van der Waals surface area contributed by atoms with Crippen LogP contribution in [-0.4, -0.2) is 32.4 Å². The number of methoxy groups -OCH3 is 1. The van der Waals surface area contributed by atoms with E-state index in [0.717, 1.165) is 22.6 Å². The summed E-state index contributed by atoms with van der Waals surface area (Å²) in [4.78, 5) is 6.09. The molecule has 4 nitrogen and oxygen atoms in total. The smallest absolute Gasteiger partial charge is 0.133 e. The van der Waals surface area contributed by atoms with Gasteiger partial charge in [-0.1, -0.05) is 30.3 Å². The van der Waals surface area contributed by atoms with Gasteiger partial charge >= 0.3 is 0 Å². The maximum absolute atomic E-state index is 6.09. The van der Waals surface area contributed by atoms with Crippen LogP contribution in [0.15, 0.2) is 48.5 Å². The summed E-state index contributed by atoms with van der Waals surface area (Å²) >= 11 is 0. The minimum Gasteiger partial charge on any atom is -0.497 e. The van der Waals surface area contributed by atoms with Crippen molar-refractivity contribution >= 4 is 0 Å². The van der Waals surface area contributed by atoms with Crippen LogP contribution in [0.25, 0.3) is 0 Å². The van der Waals surface area contributed by atoms with Gasteiger partial charge in [-0.25, -0.2) is 0 Å². The summed E-state index contributed by atoms with van der Waals surface area (Å²) in [5.41, 5.74) is 2.11. The summed E-state index contributed by atoms with van der Waals surface area (Å²) in [6.07, 6.45) is -0.183. The van der Waals surface area contributed by atoms with Crippen LogP contribution < -0.4 is 9.47 Å². The Kier molecular flexibility index (Phi) is 4.08. The third kappa shape index (κ3) is 3.01. The molecule has 0 aromatic heterocycles. The predicted octanol–water partition coefficient (Wildman–Crippen LogP) is 3.04. The van der Waals surface area contributed by atoms with Crippen LogP contribution >= 0.6 is 0 Å². The lowest BCUT2D eigenvalue weighted by Gasteiger charge is -2.29. The van der Waals surface area contributed by atoms with E-state index >= 15 is 0 Å². The first-order chi connectivity index (χ1) is 10.3. The van der Waals surface area contributed by atoms with E-state index in [9.17, 15) is 0 Å². The number of nitrogens with zero attached hydrogens (tertiary/aromatic N) is 1. The molecule has 1 aliphatic heterocycles. The number of fused-ring (bicyclic) bond motifs is 1. The number of benzene rings is 2. The van der Waals surface area contributed by atoms with E-state index in [4.69, 9.17) is 14.3 Å². The van der Waals surface area contributed by atoms with E-state index in [-0.39, 0.29) is 6.10 Å². The molecule has 0 aliphatic carbocycles. The Balaban J connectivity index is 2.05. The maximum atomic E-state index is 6.09. The van der Waals surface area contributed by atoms with E-state index in [1.165, 1.54) is 0 Å². The van der Waals surface area contributed by atoms with E-state index in [1.54, 1.807) is 7.11 Å². The van der Waals surface area contributed by atoms with Gasteiger partial charge in [0.15, 0.2) is 0 Å². The average molecular weight is 285 g/mol. The first-order valence-electron chi connectivity index (χ1n) is 7.01. The predicted molar refractivity (Wildman–Crippen MR) is 80.5 cm³/mol. The number of rotatable bonds is 2. The van der Waals surface area contributed by atoms with Gasteiger partial charge in [0.1, 0.15) is 24.2 Å². The Morgan fingerprint density at radius 3 is 2.71 bits per heavy atom. The lowest BCUT2D eigenvalue weighted by Crippen LogP contribution is -2.29. The monoisotopic (exact) mass is 285 g/mol. The van der Waals surface area contributed by atoms with Gasteiger partial charge in [0, 0.05) is 18.7 Å². The van der Waals surface area contributed by atoms with Crippen LogP contribution in [0.1, 0.15) is 17.2 Å². The van der Waals surface area contributed by atoms with Crippen LogP contribution in [0.5, 0.6) is 11.5 Å². The lowest BCUT2D eigenvalue weighted by molar-refractivity contribution is -0.178. The molecule has 0 radical (unpaired) electrons. The van der Waals surface area contributed by atoms with Gasteiger partial charge in [0.2, 0.25) is 0 Å². The fourth-order valence-electron chi connectivity index (χ4n) is 2.43. The largest absolute Gasteiger partial charge is 0.497 e. The number of hydrogen-bond donors (Lipinski definition) is 0. The molecule has 0 unspecified atom stereocenters. The summed E-state index contributed by atoms with van der Waals surface area (Å²) in [6, 6.07) is 16.0.